The molecule has 0 spiro atoms. The van der Waals surface area contributed by atoms with Gasteiger partial charge in [0, 0.05) is 13.5 Å². The van der Waals surface area contributed by atoms with Crippen molar-refractivity contribution < 1.29 is 17.9 Å². The highest BCUT2D eigenvalue weighted by atomic mass is 32.2. The lowest BCUT2D eigenvalue weighted by atomic mass is 9.90. The molecule has 0 saturated heterocycles. The summed E-state index contributed by atoms with van der Waals surface area (Å²) >= 11 is 0. The van der Waals surface area contributed by atoms with Crippen molar-refractivity contribution in [2.45, 2.75) is 30.3 Å². The van der Waals surface area contributed by atoms with Gasteiger partial charge in [-0.25, -0.2) is 8.42 Å². The van der Waals surface area contributed by atoms with Crippen molar-refractivity contribution in [3.8, 4) is 0 Å². The first-order valence-electron chi connectivity index (χ1n) is 8.59. The summed E-state index contributed by atoms with van der Waals surface area (Å²) in [4.78, 5) is 12.4. The molecule has 0 aliphatic heterocycles. The average Bonchev–Trinajstić information content (AvgIpc) is 2.69. The van der Waals surface area contributed by atoms with Gasteiger partial charge in [0.05, 0.1) is 17.2 Å². The molecule has 140 valence electrons. The third-order valence-electron chi connectivity index (χ3n) is 4.53. The van der Waals surface area contributed by atoms with E-state index in [1.807, 2.05) is 37.3 Å². The van der Waals surface area contributed by atoms with Crippen molar-refractivity contribution in [3.63, 3.8) is 0 Å². The molecular weight excluding hydrogens is 350 g/mol. The Hall–Kier alpha value is -2.18. The molecule has 2 aromatic rings. The van der Waals surface area contributed by atoms with Crippen LogP contribution in [-0.2, 0) is 25.0 Å². The SMILES string of the molecule is CCC(CNC(=O)CCS(=O)(=O)c1ccccc1)(OC)c1ccccc1. The molecule has 1 unspecified atom stereocenters. The first kappa shape index (κ1) is 20.1. The molecular formula is C20H25NO4S. The average molecular weight is 375 g/mol. The summed E-state index contributed by atoms with van der Waals surface area (Å²) in [6.45, 7) is 2.27. The summed E-state index contributed by atoms with van der Waals surface area (Å²) in [6.07, 6.45) is 0.589. The lowest BCUT2D eigenvalue weighted by molar-refractivity contribution is -0.122. The van der Waals surface area contributed by atoms with Crippen LogP contribution in [-0.4, -0.2) is 33.7 Å². The highest BCUT2D eigenvalue weighted by molar-refractivity contribution is 7.91. The Kier molecular flexibility index (Phi) is 6.94. The molecule has 0 bridgehead atoms. The molecule has 0 aliphatic rings. The van der Waals surface area contributed by atoms with Gasteiger partial charge < -0.3 is 10.1 Å². The van der Waals surface area contributed by atoms with Gasteiger partial charge in [-0.05, 0) is 24.1 Å². The van der Waals surface area contributed by atoms with Gasteiger partial charge in [0.15, 0.2) is 9.84 Å². The number of nitrogens with one attached hydrogen (secondary N) is 1. The van der Waals surface area contributed by atoms with Gasteiger partial charge in [0.2, 0.25) is 5.91 Å². The maximum absolute atomic E-state index is 12.3. The predicted octanol–water partition coefficient (Wildman–Crippen LogP) is 2.92. The smallest absolute Gasteiger partial charge is 0.221 e. The lowest BCUT2D eigenvalue weighted by Crippen LogP contribution is -2.42. The number of carbonyl (C=O) groups excluding carboxylic acids is 1. The zero-order chi connectivity index (χ0) is 19.0. The van der Waals surface area contributed by atoms with Gasteiger partial charge in [0.25, 0.3) is 0 Å². The van der Waals surface area contributed by atoms with Crippen LogP contribution >= 0.6 is 0 Å². The third-order valence-corrected chi connectivity index (χ3v) is 6.27. The van der Waals surface area contributed by atoms with Crippen LogP contribution in [0, 0.1) is 0 Å². The number of hydrogen-bond donors (Lipinski definition) is 1. The summed E-state index contributed by atoms with van der Waals surface area (Å²) < 4.78 is 30.2. The van der Waals surface area contributed by atoms with Crippen molar-refractivity contribution in [2.75, 3.05) is 19.4 Å². The Morgan fingerprint density at radius 2 is 1.62 bits per heavy atom. The number of sulfone groups is 1. The molecule has 2 aromatic carbocycles. The summed E-state index contributed by atoms with van der Waals surface area (Å²) in [5.41, 5.74) is 0.345. The van der Waals surface area contributed by atoms with E-state index in [2.05, 4.69) is 5.32 Å². The Balaban J connectivity index is 1.97. The van der Waals surface area contributed by atoms with E-state index in [0.717, 1.165) is 5.56 Å². The monoisotopic (exact) mass is 375 g/mol. The van der Waals surface area contributed by atoms with Crippen molar-refractivity contribution in [3.05, 3.63) is 66.2 Å². The van der Waals surface area contributed by atoms with Crippen LogP contribution in [0.25, 0.3) is 0 Å². The molecule has 0 fully saturated rings. The van der Waals surface area contributed by atoms with E-state index in [0.29, 0.717) is 6.42 Å². The van der Waals surface area contributed by atoms with E-state index >= 15 is 0 Å². The quantitative estimate of drug-likeness (QED) is 0.731. The summed E-state index contributed by atoms with van der Waals surface area (Å²) in [7, 11) is -1.85. The molecule has 1 amide bonds. The molecule has 0 heterocycles. The van der Waals surface area contributed by atoms with E-state index in [1.54, 1.807) is 25.3 Å². The molecule has 0 saturated carbocycles. The second kappa shape index (κ2) is 8.96. The first-order valence-corrected chi connectivity index (χ1v) is 10.2. The lowest BCUT2D eigenvalue weighted by Gasteiger charge is -2.32. The van der Waals surface area contributed by atoms with E-state index < -0.39 is 15.4 Å². The minimum Gasteiger partial charge on any atom is -0.372 e. The van der Waals surface area contributed by atoms with Crippen molar-refractivity contribution in [1.29, 1.82) is 0 Å². The number of methoxy groups -OCH3 is 1. The molecule has 0 aromatic heterocycles. The van der Waals surface area contributed by atoms with Crippen molar-refractivity contribution in [1.82, 2.24) is 5.32 Å². The molecule has 1 atom stereocenters. The fourth-order valence-corrected chi connectivity index (χ4v) is 4.07. The van der Waals surface area contributed by atoms with Gasteiger partial charge in [-0.3, -0.25) is 4.79 Å². The van der Waals surface area contributed by atoms with Gasteiger partial charge in [-0.1, -0.05) is 55.5 Å². The van der Waals surface area contributed by atoms with Crippen LogP contribution < -0.4 is 5.32 Å². The fraction of sp³-hybridized carbons (Fsp3) is 0.350. The summed E-state index contributed by atoms with van der Waals surface area (Å²) in [6, 6.07) is 17.8. The minimum absolute atomic E-state index is 0.0878. The predicted molar refractivity (Wildman–Crippen MR) is 102 cm³/mol. The van der Waals surface area contributed by atoms with Crippen molar-refractivity contribution >= 4 is 15.7 Å². The van der Waals surface area contributed by atoms with E-state index in [-0.39, 0.29) is 29.5 Å². The van der Waals surface area contributed by atoms with Crippen LogP contribution in [0.5, 0.6) is 0 Å². The highest BCUT2D eigenvalue weighted by Gasteiger charge is 2.30. The third kappa shape index (κ3) is 4.93. The molecule has 2 rings (SSSR count). The van der Waals surface area contributed by atoms with Crippen LogP contribution in [0.4, 0.5) is 0 Å². The number of carbonyl (C=O) groups is 1. The normalized spacial score (nSPS) is 13.8. The largest absolute Gasteiger partial charge is 0.372 e. The Morgan fingerprint density at radius 3 is 2.15 bits per heavy atom. The number of amides is 1. The zero-order valence-corrected chi connectivity index (χ0v) is 16.0. The van der Waals surface area contributed by atoms with E-state index in [1.165, 1.54) is 12.1 Å². The second-order valence-electron chi connectivity index (χ2n) is 6.08. The van der Waals surface area contributed by atoms with Gasteiger partial charge >= 0.3 is 0 Å². The first-order chi connectivity index (χ1) is 12.4. The van der Waals surface area contributed by atoms with E-state index in [4.69, 9.17) is 4.74 Å². The molecule has 0 aliphatic carbocycles. The molecule has 1 N–H and O–H groups in total. The van der Waals surface area contributed by atoms with Crippen LogP contribution in [0.2, 0.25) is 0 Å². The van der Waals surface area contributed by atoms with Crippen LogP contribution in [0.3, 0.4) is 0 Å². The van der Waals surface area contributed by atoms with Gasteiger partial charge in [-0.15, -0.1) is 0 Å². The highest BCUT2D eigenvalue weighted by Crippen LogP contribution is 2.28. The number of benzene rings is 2. The number of ether oxygens (including phenoxy) is 1. The zero-order valence-electron chi connectivity index (χ0n) is 15.1. The molecule has 6 heteroatoms. The minimum atomic E-state index is -3.46. The molecule has 5 nitrogen and oxygen atoms in total. The van der Waals surface area contributed by atoms with Crippen LogP contribution in [0.15, 0.2) is 65.6 Å². The summed E-state index contributed by atoms with van der Waals surface area (Å²) in [5, 5.41) is 2.82. The van der Waals surface area contributed by atoms with Gasteiger partial charge in [-0.2, -0.15) is 0 Å². The maximum Gasteiger partial charge on any atom is 0.221 e. The Morgan fingerprint density at radius 1 is 1.04 bits per heavy atom. The summed E-state index contributed by atoms with van der Waals surface area (Å²) in [5.74, 6) is -0.532. The molecule has 26 heavy (non-hydrogen) atoms. The van der Waals surface area contributed by atoms with Crippen molar-refractivity contribution in [2.24, 2.45) is 0 Å². The Labute approximate surface area is 155 Å². The number of hydrogen-bond acceptors (Lipinski definition) is 4. The van der Waals surface area contributed by atoms with Crippen LogP contribution in [0.1, 0.15) is 25.3 Å². The maximum atomic E-state index is 12.3. The van der Waals surface area contributed by atoms with E-state index in [9.17, 15) is 13.2 Å². The van der Waals surface area contributed by atoms with Gasteiger partial charge in [0.1, 0.15) is 5.60 Å². The standard InChI is InChI=1S/C20H25NO4S/c1-3-20(25-2,17-10-6-4-7-11-17)16-21-19(22)14-15-26(23,24)18-12-8-5-9-13-18/h4-13H,3,14-16H2,1-2H3,(H,21,22). The Bertz CT molecular complexity index is 800. The molecule has 0 radical (unpaired) electrons. The second-order valence-corrected chi connectivity index (χ2v) is 8.19. The topological polar surface area (TPSA) is 72.5 Å². The fourth-order valence-electron chi connectivity index (χ4n) is 2.81. The number of rotatable bonds is 9.